The van der Waals surface area contributed by atoms with Crippen LogP contribution in [0.2, 0.25) is 0 Å². The van der Waals surface area contributed by atoms with E-state index >= 15 is 0 Å². The molecule has 170 valence electrons. The second kappa shape index (κ2) is 9.46. The second-order valence-electron chi connectivity index (χ2n) is 8.83. The van der Waals surface area contributed by atoms with Crippen molar-refractivity contribution >= 4 is 26.8 Å². The van der Waals surface area contributed by atoms with Gasteiger partial charge in [0.15, 0.2) is 0 Å². The highest BCUT2D eigenvalue weighted by Crippen LogP contribution is 2.26. The van der Waals surface area contributed by atoms with Crippen molar-refractivity contribution in [1.29, 1.82) is 0 Å². The summed E-state index contributed by atoms with van der Waals surface area (Å²) in [7, 11) is -3.46. The van der Waals surface area contributed by atoms with Gasteiger partial charge in [-0.15, -0.1) is 0 Å². The number of amides is 1. The van der Waals surface area contributed by atoms with Crippen LogP contribution in [-0.4, -0.2) is 43.2 Å². The van der Waals surface area contributed by atoms with Crippen molar-refractivity contribution in [3.8, 4) is 0 Å². The van der Waals surface area contributed by atoms with E-state index in [9.17, 15) is 13.2 Å². The number of carbonyl (C=O) groups is 1. The predicted molar refractivity (Wildman–Crippen MR) is 127 cm³/mol. The average Bonchev–Trinajstić information content (AvgIpc) is 3.16. The number of sulfonamides is 1. The second-order valence-corrected chi connectivity index (χ2v) is 10.8. The Morgan fingerprint density at radius 1 is 1.06 bits per heavy atom. The summed E-state index contributed by atoms with van der Waals surface area (Å²) in [5, 5.41) is 4.25. The Morgan fingerprint density at radius 2 is 1.75 bits per heavy atom. The van der Waals surface area contributed by atoms with Gasteiger partial charge in [0.25, 0.3) is 0 Å². The number of benzene rings is 2. The van der Waals surface area contributed by atoms with E-state index in [1.165, 1.54) is 16.5 Å². The van der Waals surface area contributed by atoms with Crippen molar-refractivity contribution in [2.45, 2.75) is 44.4 Å². The molecule has 2 aromatic carbocycles. The van der Waals surface area contributed by atoms with E-state index in [0.717, 1.165) is 17.5 Å². The Balaban J connectivity index is 1.24. The number of hydrogen-bond donors (Lipinski definition) is 2. The number of piperidine rings is 1. The molecule has 0 aliphatic carbocycles. The third-order valence-electron chi connectivity index (χ3n) is 6.35. The highest BCUT2D eigenvalue weighted by atomic mass is 32.2. The quantitative estimate of drug-likeness (QED) is 0.569. The molecule has 0 saturated carbocycles. The molecular formula is C25H31N3O3S. The minimum absolute atomic E-state index is 0.0425. The third kappa shape index (κ3) is 5.05. The van der Waals surface area contributed by atoms with Gasteiger partial charge in [-0.3, -0.25) is 4.79 Å². The number of aromatic amines is 1. The van der Waals surface area contributed by atoms with Crippen LogP contribution in [0.5, 0.6) is 0 Å². The van der Waals surface area contributed by atoms with Crippen LogP contribution in [0.4, 0.5) is 0 Å². The highest BCUT2D eigenvalue weighted by molar-refractivity contribution is 7.89. The van der Waals surface area contributed by atoms with E-state index in [2.05, 4.69) is 35.4 Å². The fraction of sp³-hybridized carbons (Fsp3) is 0.400. The summed E-state index contributed by atoms with van der Waals surface area (Å²) in [6.45, 7) is 5.54. The van der Waals surface area contributed by atoms with E-state index in [4.69, 9.17) is 0 Å². The molecule has 32 heavy (non-hydrogen) atoms. The van der Waals surface area contributed by atoms with Crippen LogP contribution < -0.4 is 5.32 Å². The minimum atomic E-state index is -3.46. The summed E-state index contributed by atoms with van der Waals surface area (Å²) in [6.07, 6.45) is 4.66. The topological polar surface area (TPSA) is 82.3 Å². The molecule has 2 heterocycles. The molecule has 1 amide bonds. The molecule has 0 unspecified atom stereocenters. The zero-order valence-electron chi connectivity index (χ0n) is 18.7. The Labute approximate surface area is 190 Å². The summed E-state index contributed by atoms with van der Waals surface area (Å²) < 4.78 is 27.2. The lowest BCUT2D eigenvalue weighted by molar-refractivity contribution is -0.122. The van der Waals surface area contributed by atoms with E-state index in [-0.39, 0.29) is 11.8 Å². The molecule has 0 atom stereocenters. The van der Waals surface area contributed by atoms with Gasteiger partial charge in [0.1, 0.15) is 0 Å². The molecule has 1 aliphatic rings. The van der Waals surface area contributed by atoms with Crippen molar-refractivity contribution in [3.05, 3.63) is 65.4 Å². The van der Waals surface area contributed by atoms with Crippen LogP contribution in [0.15, 0.2) is 53.6 Å². The first-order valence-electron chi connectivity index (χ1n) is 11.2. The molecular weight excluding hydrogens is 422 g/mol. The lowest BCUT2D eigenvalue weighted by atomic mass is 9.94. The van der Waals surface area contributed by atoms with Crippen LogP contribution in [0.3, 0.4) is 0 Å². The van der Waals surface area contributed by atoms with Crippen molar-refractivity contribution in [1.82, 2.24) is 14.6 Å². The standard InChI is InChI=1S/C25H31N3O3S/c1-18-3-6-22(7-4-18)32(30,31)28-13-10-20(11-14-28)16-25(29)26-12-9-21-17-27-24-8-5-19(2)15-23(21)24/h3-8,15,17,20,27H,9-14,16H2,1-2H3,(H,26,29). The van der Waals surface area contributed by atoms with Gasteiger partial charge >= 0.3 is 0 Å². The first kappa shape index (κ1) is 22.6. The molecule has 6 nitrogen and oxygen atoms in total. The van der Waals surface area contributed by atoms with Gasteiger partial charge in [0, 0.05) is 43.2 Å². The van der Waals surface area contributed by atoms with Gasteiger partial charge in [-0.25, -0.2) is 8.42 Å². The molecule has 2 N–H and O–H groups in total. The van der Waals surface area contributed by atoms with Crippen LogP contribution in [-0.2, 0) is 21.2 Å². The maximum absolute atomic E-state index is 12.8. The Kier molecular flexibility index (Phi) is 6.67. The van der Waals surface area contributed by atoms with Gasteiger partial charge in [0.2, 0.25) is 15.9 Å². The van der Waals surface area contributed by atoms with Crippen LogP contribution in [0.25, 0.3) is 10.9 Å². The van der Waals surface area contributed by atoms with Crippen molar-refractivity contribution in [3.63, 3.8) is 0 Å². The molecule has 1 fully saturated rings. The summed E-state index contributed by atoms with van der Waals surface area (Å²) in [4.78, 5) is 16.1. The minimum Gasteiger partial charge on any atom is -0.361 e. The predicted octanol–water partition coefficient (Wildman–Crippen LogP) is 3.93. The van der Waals surface area contributed by atoms with Gasteiger partial charge in [-0.05, 0) is 68.9 Å². The first-order valence-corrected chi connectivity index (χ1v) is 12.7. The fourth-order valence-electron chi connectivity index (χ4n) is 4.38. The zero-order valence-corrected chi connectivity index (χ0v) is 19.5. The highest BCUT2D eigenvalue weighted by Gasteiger charge is 2.30. The molecule has 0 radical (unpaired) electrons. The number of aryl methyl sites for hydroxylation is 2. The molecule has 1 saturated heterocycles. The summed E-state index contributed by atoms with van der Waals surface area (Å²) in [5.41, 5.74) is 4.58. The van der Waals surface area contributed by atoms with E-state index in [1.807, 2.05) is 25.3 Å². The number of fused-ring (bicyclic) bond motifs is 1. The number of H-pyrrole nitrogens is 1. The summed E-state index contributed by atoms with van der Waals surface area (Å²) >= 11 is 0. The largest absolute Gasteiger partial charge is 0.361 e. The lowest BCUT2D eigenvalue weighted by Crippen LogP contribution is -2.39. The van der Waals surface area contributed by atoms with Gasteiger partial charge in [0.05, 0.1) is 4.90 Å². The maximum Gasteiger partial charge on any atom is 0.243 e. The van der Waals surface area contributed by atoms with Crippen LogP contribution in [0.1, 0.15) is 36.0 Å². The lowest BCUT2D eigenvalue weighted by Gasteiger charge is -2.31. The molecule has 3 aromatic rings. The SMILES string of the molecule is Cc1ccc(S(=O)(=O)N2CCC(CC(=O)NCCc3c[nH]c4ccc(C)cc34)CC2)cc1. The number of aromatic nitrogens is 1. The van der Waals surface area contributed by atoms with Crippen molar-refractivity contribution < 1.29 is 13.2 Å². The zero-order chi connectivity index (χ0) is 22.7. The van der Waals surface area contributed by atoms with E-state index < -0.39 is 10.0 Å². The van der Waals surface area contributed by atoms with Gasteiger partial charge in [-0.2, -0.15) is 4.31 Å². The number of carbonyl (C=O) groups excluding carboxylic acids is 1. The first-order chi connectivity index (χ1) is 15.3. The molecule has 1 aliphatic heterocycles. The number of rotatable bonds is 7. The van der Waals surface area contributed by atoms with Crippen molar-refractivity contribution in [2.75, 3.05) is 19.6 Å². The van der Waals surface area contributed by atoms with Crippen LogP contribution >= 0.6 is 0 Å². The van der Waals surface area contributed by atoms with E-state index in [0.29, 0.717) is 43.8 Å². The number of hydrogen-bond acceptors (Lipinski definition) is 3. The molecule has 0 bridgehead atoms. The average molecular weight is 454 g/mol. The van der Waals surface area contributed by atoms with Crippen LogP contribution in [0, 0.1) is 19.8 Å². The fourth-order valence-corrected chi connectivity index (χ4v) is 5.85. The Morgan fingerprint density at radius 3 is 2.47 bits per heavy atom. The number of nitrogens with one attached hydrogen (secondary N) is 2. The van der Waals surface area contributed by atoms with Crippen molar-refractivity contribution in [2.24, 2.45) is 5.92 Å². The molecule has 4 rings (SSSR count). The normalized spacial score (nSPS) is 15.8. The molecule has 1 aromatic heterocycles. The molecule has 7 heteroatoms. The molecule has 0 spiro atoms. The third-order valence-corrected chi connectivity index (χ3v) is 8.26. The number of nitrogens with zero attached hydrogens (tertiary/aromatic N) is 1. The smallest absolute Gasteiger partial charge is 0.243 e. The van der Waals surface area contributed by atoms with E-state index in [1.54, 1.807) is 16.4 Å². The monoisotopic (exact) mass is 453 g/mol. The Bertz CT molecular complexity index is 1190. The summed E-state index contributed by atoms with van der Waals surface area (Å²) in [5.74, 6) is 0.260. The van der Waals surface area contributed by atoms with Gasteiger partial charge in [-0.1, -0.05) is 29.3 Å². The maximum atomic E-state index is 12.8. The summed E-state index contributed by atoms with van der Waals surface area (Å²) in [6, 6.07) is 13.3. The van der Waals surface area contributed by atoms with Gasteiger partial charge < -0.3 is 10.3 Å². The Hall–Kier alpha value is -2.64.